The van der Waals surface area contributed by atoms with Crippen LogP contribution >= 0.6 is 11.3 Å². The normalized spacial score (nSPS) is 12.2. The van der Waals surface area contributed by atoms with Gasteiger partial charge in [-0.1, -0.05) is 115 Å². The molecule has 12 rings (SSSR count). The molecule has 0 N–H and O–H groups in total. The first-order chi connectivity index (χ1) is 26.3. The van der Waals surface area contributed by atoms with E-state index in [-0.39, 0.29) is 0 Å². The Morgan fingerprint density at radius 2 is 1.26 bits per heavy atom. The molecular weight excluding hydrogens is 667 g/mol. The van der Waals surface area contributed by atoms with Gasteiger partial charge in [0.25, 0.3) is 0 Å². The van der Waals surface area contributed by atoms with E-state index in [1.807, 2.05) is 12.1 Å². The quantitative estimate of drug-likeness (QED) is 0.185. The maximum Gasteiger partial charge on any atom is 0.161 e. The maximum atomic E-state index is 6.69. The van der Waals surface area contributed by atoms with Gasteiger partial charge in [0, 0.05) is 54.5 Å². The minimum absolute atomic E-state index is 0.691. The van der Waals surface area contributed by atoms with Gasteiger partial charge in [-0.25, -0.2) is 9.97 Å². The van der Waals surface area contributed by atoms with Crippen LogP contribution in [0.4, 0.5) is 0 Å². The molecule has 0 aliphatic rings. The van der Waals surface area contributed by atoms with Crippen molar-refractivity contribution in [3.63, 3.8) is 0 Å². The van der Waals surface area contributed by atoms with E-state index in [9.17, 15) is 0 Å². The smallest absolute Gasteiger partial charge is 0.161 e. The lowest BCUT2D eigenvalue weighted by Gasteiger charge is -2.09. The first-order valence-corrected chi connectivity index (χ1v) is 18.6. The monoisotopic (exact) mass is 693 g/mol. The molecule has 0 aliphatic heterocycles. The highest BCUT2D eigenvalue weighted by Crippen LogP contribution is 2.43. The summed E-state index contributed by atoms with van der Waals surface area (Å²) in [4.78, 5) is 10.7. The number of hydrogen-bond donors (Lipinski definition) is 0. The molecule has 0 amide bonds. The molecule has 4 nitrogen and oxygen atoms in total. The Labute approximate surface area is 306 Å². The molecule has 246 valence electrons. The Kier molecular flexibility index (Phi) is 5.90. The van der Waals surface area contributed by atoms with Crippen LogP contribution in [0.2, 0.25) is 0 Å². The first-order valence-electron chi connectivity index (χ1n) is 17.8. The van der Waals surface area contributed by atoms with Crippen LogP contribution in [0.15, 0.2) is 168 Å². The van der Waals surface area contributed by atoms with Crippen molar-refractivity contribution < 1.29 is 4.42 Å². The average molecular weight is 694 g/mol. The Hall–Kier alpha value is -6.82. The molecule has 0 saturated heterocycles. The van der Waals surface area contributed by atoms with Gasteiger partial charge in [0.05, 0.1) is 26.9 Å². The molecule has 0 spiro atoms. The van der Waals surface area contributed by atoms with Crippen molar-refractivity contribution in [2.45, 2.75) is 0 Å². The van der Waals surface area contributed by atoms with Gasteiger partial charge in [0.2, 0.25) is 0 Å². The molecule has 4 aromatic heterocycles. The molecular formula is C48H27N3OS. The van der Waals surface area contributed by atoms with Crippen molar-refractivity contribution in [1.82, 2.24) is 14.5 Å². The van der Waals surface area contributed by atoms with Gasteiger partial charge in [-0.3, -0.25) is 0 Å². The number of thiophene rings is 1. The number of aromatic nitrogens is 3. The lowest BCUT2D eigenvalue weighted by Crippen LogP contribution is -1.94. The summed E-state index contributed by atoms with van der Waals surface area (Å²) in [6, 6.07) is 58.2. The van der Waals surface area contributed by atoms with Gasteiger partial charge in [-0.15, -0.1) is 11.3 Å². The Morgan fingerprint density at radius 3 is 2.19 bits per heavy atom. The van der Waals surface area contributed by atoms with E-state index >= 15 is 0 Å². The number of benzene rings is 8. The van der Waals surface area contributed by atoms with Gasteiger partial charge in [-0.05, 0) is 64.0 Å². The highest BCUT2D eigenvalue weighted by atomic mass is 32.1. The summed E-state index contributed by atoms with van der Waals surface area (Å²) in [6.45, 7) is 0. The van der Waals surface area contributed by atoms with E-state index in [1.165, 1.54) is 48.1 Å². The average Bonchev–Trinajstić information content (AvgIpc) is 3.89. The highest BCUT2D eigenvalue weighted by molar-refractivity contribution is 7.26. The zero-order chi connectivity index (χ0) is 34.6. The van der Waals surface area contributed by atoms with E-state index in [0.717, 1.165) is 60.0 Å². The van der Waals surface area contributed by atoms with E-state index < -0.39 is 0 Å². The van der Waals surface area contributed by atoms with Crippen molar-refractivity contribution in [2.24, 2.45) is 0 Å². The fraction of sp³-hybridized carbons (Fsp3) is 0. The third-order valence-corrected chi connectivity index (χ3v) is 12.0. The second kappa shape index (κ2) is 10.8. The van der Waals surface area contributed by atoms with E-state index in [4.69, 9.17) is 14.4 Å². The van der Waals surface area contributed by atoms with Crippen LogP contribution in [-0.2, 0) is 0 Å². The number of hydrogen-bond acceptors (Lipinski definition) is 4. The molecule has 0 atom stereocenters. The molecule has 8 aromatic carbocycles. The van der Waals surface area contributed by atoms with Crippen molar-refractivity contribution in [3.8, 4) is 28.3 Å². The fourth-order valence-corrected chi connectivity index (χ4v) is 9.55. The summed E-state index contributed by atoms with van der Waals surface area (Å²) in [5.74, 6) is 0.691. The minimum Gasteiger partial charge on any atom is -0.456 e. The van der Waals surface area contributed by atoms with Crippen LogP contribution in [0.25, 0.3) is 114 Å². The van der Waals surface area contributed by atoms with Crippen molar-refractivity contribution in [2.75, 3.05) is 0 Å². The number of fused-ring (bicyclic) bond motifs is 12. The summed E-state index contributed by atoms with van der Waals surface area (Å²) < 4.78 is 11.3. The molecule has 5 heteroatoms. The van der Waals surface area contributed by atoms with Gasteiger partial charge in [-0.2, -0.15) is 0 Å². The summed E-state index contributed by atoms with van der Waals surface area (Å²) in [7, 11) is 0. The largest absolute Gasteiger partial charge is 0.456 e. The molecule has 12 aromatic rings. The van der Waals surface area contributed by atoms with E-state index in [1.54, 1.807) is 11.3 Å². The third kappa shape index (κ3) is 4.17. The standard InChI is InChI=1S/C48H27N3OS/c1-2-12-30-26-31(21-20-28(30)10-1)45-47-46(36-15-6-8-19-42(36)53-47)50-48(49-45)37-16-9-18-40-44(37)35-24-23-32(27-41(35)52-40)51-38-17-7-5-14-34(38)43-33-13-4-3-11-29(33)22-25-39(43)51/h1-27H. The number of para-hydroxylation sites is 1. The molecule has 53 heavy (non-hydrogen) atoms. The van der Waals surface area contributed by atoms with Crippen LogP contribution in [-0.4, -0.2) is 14.5 Å². The topological polar surface area (TPSA) is 43.9 Å². The second-order valence-electron chi connectivity index (χ2n) is 13.7. The zero-order valence-electron chi connectivity index (χ0n) is 28.2. The summed E-state index contributed by atoms with van der Waals surface area (Å²) in [6.07, 6.45) is 0. The molecule has 0 unspecified atom stereocenters. The molecule has 0 aliphatic carbocycles. The number of nitrogens with zero attached hydrogens (tertiary/aromatic N) is 3. The van der Waals surface area contributed by atoms with E-state index in [0.29, 0.717) is 5.82 Å². The van der Waals surface area contributed by atoms with Crippen LogP contribution in [0.1, 0.15) is 0 Å². The van der Waals surface area contributed by atoms with Gasteiger partial charge < -0.3 is 8.98 Å². The summed E-state index contributed by atoms with van der Waals surface area (Å²) in [5, 5.41) is 10.6. The fourth-order valence-electron chi connectivity index (χ4n) is 8.40. The van der Waals surface area contributed by atoms with Crippen molar-refractivity contribution in [3.05, 3.63) is 164 Å². The van der Waals surface area contributed by atoms with Crippen molar-refractivity contribution in [1.29, 1.82) is 0 Å². The zero-order valence-corrected chi connectivity index (χ0v) is 29.1. The molecule has 0 radical (unpaired) electrons. The third-order valence-electron chi connectivity index (χ3n) is 10.8. The molecule has 0 saturated carbocycles. The predicted octanol–water partition coefficient (Wildman–Crippen LogP) is 13.5. The number of rotatable bonds is 3. The van der Waals surface area contributed by atoms with Crippen LogP contribution in [0.5, 0.6) is 0 Å². The highest BCUT2D eigenvalue weighted by Gasteiger charge is 2.21. The van der Waals surface area contributed by atoms with E-state index in [2.05, 4.69) is 156 Å². The summed E-state index contributed by atoms with van der Waals surface area (Å²) >= 11 is 1.76. The van der Waals surface area contributed by atoms with Gasteiger partial charge >= 0.3 is 0 Å². The SMILES string of the molecule is c1ccc2cc(-c3nc(-c4cccc5oc6cc(-n7c8ccccc8c8c9ccccc9ccc87)ccc6c45)nc4c3sc3ccccc34)ccc2c1. The minimum atomic E-state index is 0.691. The summed E-state index contributed by atoms with van der Waals surface area (Å²) in [5.41, 5.74) is 9.00. The maximum absolute atomic E-state index is 6.69. The molecule has 0 bridgehead atoms. The van der Waals surface area contributed by atoms with Crippen LogP contribution in [0, 0.1) is 0 Å². The van der Waals surface area contributed by atoms with Crippen LogP contribution in [0.3, 0.4) is 0 Å². The number of furan rings is 1. The molecule has 0 fully saturated rings. The van der Waals surface area contributed by atoms with Crippen LogP contribution < -0.4 is 0 Å². The Balaban J connectivity index is 1.09. The van der Waals surface area contributed by atoms with Gasteiger partial charge in [0.1, 0.15) is 11.2 Å². The van der Waals surface area contributed by atoms with Crippen molar-refractivity contribution >= 4 is 96.9 Å². The Morgan fingerprint density at radius 1 is 0.491 bits per heavy atom. The first kappa shape index (κ1) is 28.8. The second-order valence-corrected chi connectivity index (χ2v) is 14.8. The lowest BCUT2D eigenvalue weighted by atomic mass is 10.0. The molecule has 4 heterocycles. The predicted molar refractivity (Wildman–Crippen MR) is 222 cm³/mol. The lowest BCUT2D eigenvalue weighted by molar-refractivity contribution is 0.668. The Bertz CT molecular complexity index is 3480. The van der Waals surface area contributed by atoms with Gasteiger partial charge in [0.15, 0.2) is 5.82 Å².